The summed E-state index contributed by atoms with van der Waals surface area (Å²) in [5.74, 6) is 0. The average molecular weight is 329 g/mol. The van der Waals surface area contributed by atoms with E-state index < -0.39 is 11.7 Å². The van der Waals surface area contributed by atoms with Crippen molar-refractivity contribution in [3.05, 3.63) is 29.3 Å². The van der Waals surface area contributed by atoms with Crippen LogP contribution in [0.1, 0.15) is 17.5 Å². The zero-order valence-electron chi connectivity index (χ0n) is 12.5. The largest absolute Gasteiger partial charge is 0.416 e. The predicted molar refractivity (Wildman–Crippen MR) is 83.5 cm³/mol. The highest BCUT2D eigenvalue weighted by Gasteiger charge is 2.31. The van der Waals surface area contributed by atoms with Gasteiger partial charge in [-0.05, 0) is 56.5 Å². The fourth-order valence-corrected chi connectivity index (χ4v) is 2.79. The second-order valence-electron chi connectivity index (χ2n) is 5.73. The lowest BCUT2D eigenvalue weighted by Gasteiger charge is -2.20. The summed E-state index contributed by atoms with van der Waals surface area (Å²) < 4.78 is 38.9. The molecule has 120 valence electrons. The van der Waals surface area contributed by atoms with Crippen LogP contribution in [-0.2, 0) is 12.7 Å². The van der Waals surface area contributed by atoms with Gasteiger partial charge >= 0.3 is 6.18 Å². The first kappa shape index (κ1) is 17.1. The van der Waals surface area contributed by atoms with E-state index in [1.807, 2.05) is 14.1 Å². The first-order valence-electron chi connectivity index (χ1n) is 6.97. The van der Waals surface area contributed by atoms with Gasteiger partial charge in [-0.25, -0.2) is 0 Å². The van der Waals surface area contributed by atoms with E-state index in [-0.39, 0.29) is 5.69 Å². The lowest BCUT2D eigenvalue weighted by atomic mass is 10.1. The molecule has 0 radical (unpaired) electrons. The number of hydrogen-bond acceptors (Lipinski definition) is 4. The summed E-state index contributed by atoms with van der Waals surface area (Å²) in [5, 5.41) is 2.13. The van der Waals surface area contributed by atoms with Gasteiger partial charge in [0.2, 0.25) is 0 Å². The molecule has 0 bridgehead atoms. The van der Waals surface area contributed by atoms with Gasteiger partial charge < -0.3 is 4.90 Å². The number of isothiocyanates is 1. The Kier molecular flexibility index (Phi) is 5.34. The van der Waals surface area contributed by atoms with Crippen molar-refractivity contribution in [2.75, 3.05) is 27.2 Å². The molecule has 7 heteroatoms. The average Bonchev–Trinajstić information content (AvgIpc) is 2.86. The standard InChI is InChI=1S/C15H18F3N3S/c1-20(2)14-3-4-21(9-14)8-11-5-12(15(16,17)18)7-13(6-11)19-10-22/h5-7,14H,3-4,8-9H2,1-2H3/t14-/m0/s1. The van der Waals surface area contributed by atoms with Crippen LogP contribution < -0.4 is 0 Å². The van der Waals surface area contributed by atoms with E-state index >= 15 is 0 Å². The van der Waals surface area contributed by atoms with Gasteiger partial charge in [0.25, 0.3) is 0 Å². The van der Waals surface area contributed by atoms with Crippen molar-refractivity contribution in [2.45, 2.75) is 25.2 Å². The number of likely N-dealkylation sites (N-methyl/N-ethyl adjacent to an activating group) is 1. The maximum atomic E-state index is 13.0. The lowest BCUT2D eigenvalue weighted by molar-refractivity contribution is -0.137. The van der Waals surface area contributed by atoms with Crippen LogP contribution in [0.4, 0.5) is 18.9 Å². The molecule has 0 unspecified atom stereocenters. The van der Waals surface area contributed by atoms with Crippen molar-refractivity contribution >= 4 is 23.1 Å². The number of alkyl halides is 3. The molecule has 0 aliphatic carbocycles. The van der Waals surface area contributed by atoms with Crippen molar-refractivity contribution in [1.82, 2.24) is 9.80 Å². The number of benzene rings is 1. The number of hydrogen-bond donors (Lipinski definition) is 0. The van der Waals surface area contributed by atoms with E-state index in [0.717, 1.165) is 25.6 Å². The minimum Gasteiger partial charge on any atom is -0.305 e. The summed E-state index contributed by atoms with van der Waals surface area (Å²) in [6.07, 6.45) is -3.37. The molecular formula is C15H18F3N3S. The Labute approximate surface area is 133 Å². The van der Waals surface area contributed by atoms with Crippen LogP contribution >= 0.6 is 12.2 Å². The molecule has 22 heavy (non-hydrogen) atoms. The van der Waals surface area contributed by atoms with E-state index in [2.05, 4.69) is 32.2 Å². The smallest absolute Gasteiger partial charge is 0.305 e. The minimum atomic E-state index is -4.39. The number of likely N-dealkylation sites (tertiary alicyclic amines) is 1. The minimum absolute atomic E-state index is 0.197. The van der Waals surface area contributed by atoms with E-state index in [9.17, 15) is 13.2 Å². The van der Waals surface area contributed by atoms with Crippen LogP contribution in [-0.4, -0.2) is 48.2 Å². The summed E-state index contributed by atoms with van der Waals surface area (Å²) >= 11 is 4.49. The third-order valence-corrected chi connectivity index (χ3v) is 3.95. The van der Waals surface area contributed by atoms with Crippen molar-refractivity contribution in [3.8, 4) is 0 Å². The molecule has 1 aromatic rings. The van der Waals surface area contributed by atoms with E-state index in [1.54, 1.807) is 6.07 Å². The summed E-state index contributed by atoms with van der Waals surface area (Å²) in [7, 11) is 4.04. The van der Waals surface area contributed by atoms with E-state index in [4.69, 9.17) is 0 Å². The van der Waals surface area contributed by atoms with Gasteiger partial charge in [0.05, 0.1) is 16.4 Å². The molecule has 1 heterocycles. The molecule has 0 saturated carbocycles. The van der Waals surface area contributed by atoms with Gasteiger partial charge in [-0.3, -0.25) is 4.90 Å². The Morgan fingerprint density at radius 3 is 2.64 bits per heavy atom. The number of nitrogens with zero attached hydrogens (tertiary/aromatic N) is 3. The SMILES string of the molecule is CN(C)[C@H]1CCN(Cc2cc(N=C=S)cc(C(F)(F)F)c2)C1. The van der Waals surface area contributed by atoms with Gasteiger partial charge in [0.1, 0.15) is 0 Å². The second-order valence-corrected chi connectivity index (χ2v) is 5.91. The predicted octanol–water partition coefficient (Wildman–Crippen LogP) is 3.58. The first-order chi connectivity index (χ1) is 10.3. The van der Waals surface area contributed by atoms with Crippen LogP contribution in [0.5, 0.6) is 0 Å². The summed E-state index contributed by atoms with van der Waals surface area (Å²) in [6, 6.07) is 4.27. The number of thiocarbonyl (C=S) groups is 1. The summed E-state index contributed by atoms with van der Waals surface area (Å²) in [5.41, 5.74) is 0.0961. The van der Waals surface area contributed by atoms with Crippen LogP contribution in [0.3, 0.4) is 0 Å². The van der Waals surface area contributed by atoms with Gasteiger partial charge in [-0.2, -0.15) is 18.2 Å². The molecule has 0 spiro atoms. The highest BCUT2D eigenvalue weighted by atomic mass is 32.1. The van der Waals surface area contributed by atoms with Crippen molar-refractivity contribution in [1.29, 1.82) is 0 Å². The Hall–Kier alpha value is -1.27. The van der Waals surface area contributed by atoms with Gasteiger partial charge in [0, 0.05) is 25.7 Å². The molecule has 1 aliphatic rings. The van der Waals surface area contributed by atoms with Crippen LogP contribution in [0, 0.1) is 0 Å². The quantitative estimate of drug-likeness (QED) is 0.622. The van der Waals surface area contributed by atoms with Crippen molar-refractivity contribution in [2.24, 2.45) is 4.99 Å². The maximum Gasteiger partial charge on any atom is 0.416 e. The zero-order valence-corrected chi connectivity index (χ0v) is 13.3. The Morgan fingerprint density at radius 1 is 1.36 bits per heavy atom. The zero-order chi connectivity index (χ0) is 16.3. The third kappa shape index (κ3) is 4.36. The number of rotatable bonds is 4. The molecule has 1 atom stereocenters. The summed E-state index contributed by atoms with van der Waals surface area (Å²) in [6.45, 7) is 2.22. The molecule has 1 aromatic carbocycles. The molecule has 0 aromatic heterocycles. The van der Waals surface area contributed by atoms with Crippen LogP contribution in [0.25, 0.3) is 0 Å². The summed E-state index contributed by atoms with van der Waals surface area (Å²) in [4.78, 5) is 8.00. The normalized spacial score (nSPS) is 19.5. The van der Waals surface area contributed by atoms with Gasteiger partial charge in [-0.1, -0.05) is 0 Å². The van der Waals surface area contributed by atoms with Crippen molar-refractivity contribution < 1.29 is 13.2 Å². The number of aliphatic imine (C=N–C) groups is 1. The third-order valence-electron chi connectivity index (χ3n) is 3.86. The van der Waals surface area contributed by atoms with Crippen LogP contribution in [0.2, 0.25) is 0 Å². The van der Waals surface area contributed by atoms with E-state index in [1.165, 1.54) is 6.07 Å². The molecular weight excluding hydrogens is 311 g/mol. The highest BCUT2D eigenvalue weighted by molar-refractivity contribution is 7.78. The molecule has 3 nitrogen and oxygen atoms in total. The second kappa shape index (κ2) is 6.87. The Balaban J connectivity index is 2.20. The lowest BCUT2D eigenvalue weighted by Crippen LogP contribution is -2.31. The van der Waals surface area contributed by atoms with Crippen LogP contribution in [0.15, 0.2) is 23.2 Å². The Bertz CT molecular complexity index is 580. The molecule has 1 aliphatic heterocycles. The van der Waals surface area contributed by atoms with Gasteiger partial charge in [-0.15, -0.1) is 0 Å². The fourth-order valence-electron chi connectivity index (χ4n) is 2.68. The monoisotopic (exact) mass is 329 g/mol. The molecule has 0 N–H and O–H groups in total. The highest BCUT2D eigenvalue weighted by Crippen LogP contribution is 2.33. The topological polar surface area (TPSA) is 18.8 Å². The van der Waals surface area contributed by atoms with Crippen molar-refractivity contribution in [3.63, 3.8) is 0 Å². The fraction of sp³-hybridized carbons (Fsp3) is 0.533. The molecule has 1 fully saturated rings. The molecule has 2 rings (SSSR count). The molecule has 0 amide bonds. The first-order valence-corrected chi connectivity index (χ1v) is 7.38. The maximum absolute atomic E-state index is 13.0. The van der Waals surface area contributed by atoms with E-state index in [0.29, 0.717) is 18.2 Å². The number of halogens is 3. The Morgan fingerprint density at radius 2 is 2.09 bits per heavy atom. The van der Waals surface area contributed by atoms with Gasteiger partial charge in [0.15, 0.2) is 0 Å². The molecule has 1 saturated heterocycles.